The molecule has 8 rings (SSSR count). The fraction of sp³-hybridized carbons (Fsp3) is 0.130. The average Bonchev–Trinajstić information content (AvgIpc) is 3.74. The van der Waals surface area contributed by atoms with Gasteiger partial charge in [-0.2, -0.15) is 0 Å². The molecule has 1 N–H and O–H groups in total. The zero-order chi connectivity index (χ0) is 42.5. The molecule has 0 unspecified atom stereocenters. The van der Waals surface area contributed by atoms with Crippen molar-refractivity contribution in [2.45, 2.75) is 20.0 Å². The van der Waals surface area contributed by atoms with Crippen molar-refractivity contribution in [1.82, 2.24) is 19.1 Å². The number of nitrogens with zero attached hydrogens (tertiary/aromatic N) is 4. The lowest BCUT2D eigenvalue weighted by molar-refractivity contribution is 0.0515. The number of fused-ring (bicyclic) bond motifs is 2. The number of aromatic carboxylic acids is 1. The molecule has 0 saturated carbocycles. The van der Waals surface area contributed by atoms with Gasteiger partial charge in [0.2, 0.25) is 11.8 Å². The molecule has 0 fully saturated rings. The molecule has 4 heterocycles. The summed E-state index contributed by atoms with van der Waals surface area (Å²) in [6, 6.07) is 31.2. The molecule has 8 aromatic rings. The molecule has 0 aliphatic heterocycles. The molecular weight excluding hydrogens is 902 g/mol. The first-order chi connectivity index (χ1) is 29.1. The van der Waals surface area contributed by atoms with Gasteiger partial charge in [0.15, 0.2) is 0 Å². The van der Waals surface area contributed by atoms with E-state index in [0.29, 0.717) is 61.7 Å². The highest BCUT2D eigenvalue weighted by atomic mass is 79.9. The fourth-order valence-electron chi connectivity index (χ4n) is 7.24. The summed E-state index contributed by atoms with van der Waals surface area (Å²) < 4.78 is 50.1. The number of halogens is 4. The van der Waals surface area contributed by atoms with Gasteiger partial charge in [-0.3, -0.25) is 0 Å². The molecule has 0 radical (unpaired) electrons. The molecule has 60 heavy (non-hydrogen) atoms. The van der Waals surface area contributed by atoms with Crippen molar-refractivity contribution in [2.75, 3.05) is 20.8 Å². The van der Waals surface area contributed by atoms with Crippen LogP contribution in [0, 0.1) is 11.6 Å². The van der Waals surface area contributed by atoms with Crippen LogP contribution in [0.1, 0.15) is 39.0 Å². The second-order valence-electron chi connectivity index (χ2n) is 13.3. The van der Waals surface area contributed by atoms with E-state index in [2.05, 4.69) is 41.8 Å². The van der Waals surface area contributed by atoms with Crippen molar-refractivity contribution in [3.05, 3.63) is 165 Å². The number of carboxylic acids is 1. The summed E-state index contributed by atoms with van der Waals surface area (Å²) in [6.07, 6.45) is 3.21. The van der Waals surface area contributed by atoms with Crippen LogP contribution >= 0.6 is 31.9 Å². The van der Waals surface area contributed by atoms with Gasteiger partial charge in [0, 0.05) is 76.5 Å². The number of hydrogen-bond donors (Lipinski definition) is 1. The molecule has 4 aromatic carbocycles. The van der Waals surface area contributed by atoms with Crippen LogP contribution in [0.5, 0.6) is 11.8 Å². The predicted octanol–water partition coefficient (Wildman–Crippen LogP) is 11.2. The first-order valence-electron chi connectivity index (χ1n) is 18.6. The number of methoxy groups -OCH3 is 2. The van der Waals surface area contributed by atoms with Crippen LogP contribution in [0.4, 0.5) is 8.78 Å². The number of ether oxygens (including phenoxy) is 3. The van der Waals surface area contributed by atoms with Gasteiger partial charge < -0.3 is 28.5 Å². The monoisotopic (exact) mass is 936 g/mol. The molecule has 4 aromatic heterocycles. The molecule has 10 nitrogen and oxygen atoms in total. The van der Waals surface area contributed by atoms with Crippen LogP contribution in [-0.2, 0) is 17.8 Å². The van der Waals surface area contributed by atoms with E-state index in [1.54, 1.807) is 83.0 Å². The maximum atomic E-state index is 14.5. The molecule has 0 saturated heterocycles. The molecule has 14 heteroatoms. The highest BCUT2D eigenvalue weighted by Crippen LogP contribution is 2.42. The predicted molar refractivity (Wildman–Crippen MR) is 233 cm³/mol. The number of pyridine rings is 2. The highest BCUT2D eigenvalue weighted by Gasteiger charge is 2.29. The molecule has 0 amide bonds. The molecule has 0 aliphatic rings. The van der Waals surface area contributed by atoms with Crippen LogP contribution in [0.3, 0.4) is 0 Å². The van der Waals surface area contributed by atoms with Gasteiger partial charge in [0.05, 0.1) is 33.9 Å². The third-order valence-corrected chi connectivity index (χ3v) is 10.7. The van der Waals surface area contributed by atoms with E-state index in [4.69, 9.17) is 14.2 Å². The van der Waals surface area contributed by atoms with Crippen molar-refractivity contribution in [1.29, 1.82) is 0 Å². The number of benzene rings is 4. The topological polar surface area (TPSA) is 118 Å². The van der Waals surface area contributed by atoms with Gasteiger partial charge >= 0.3 is 11.9 Å². The minimum absolute atomic E-state index is 0.0488. The summed E-state index contributed by atoms with van der Waals surface area (Å²) in [5, 5.41) is 11.6. The van der Waals surface area contributed by atoms with Crippen LogP contribution in [-0.4, -0.2) is 57.0 Å². The Labute approximate surface area is 360 Å². The maximum Gasteiger partial charge on any atom is 0.355 e. The number of carbonyl (C=O) groups is 2. The third-order valence-electron chi connectivity index (χ3n) is 9.76. The van der Waals surface area contributed by atoms with E-state index in [1.807, 2.05) is 42.5 Å². The Kier molecular flexibility index (Phi) is 12.7. The van der Waals surface area contributed by atoms with E-state index < -0.39 is 11.9 Å². The Hall–Kier alpha value is -6.38. The molecule has 0 aliphatic carbocycles. The lowest BCUT2D eigenvalue weighted by Crippen LogP contribution is -2.14. The van der Waals surface area contributed by atoms with Gasteiger partial charge in [0.1, 0.15) is 23.0 Å². The summed E-state index contributed by atoms with van der Waals surface area (Å²) in [6.45, 7) is 2.21. The molecule has 304 valence electrons. The van der Waals surface area contributed by atoms with Crippen LogP contribution < -0.4 is 9.47 Å². The third kappa shape index (κ3) is 8.25. The Bertz CT molecular complexity index is 2900. The van der Waals surface area contributed by atoms with Crippen molar-refractivity contribution in [2.24, 2.45) is 0 Å². The number of hydrogen-bond acceptors (Lipinski definition) is 7. The Morgan fingerprint density at radius 3 is 1.53 bits per heavy atom. The Morgan fingerprint density at radius 1 is 0.650 bits per heavy atom. The maximum absolute atomic E-state index is 14.5. The van der Waals surface area contributed by atoms with Crippen molar-refractivity contribution < 1.29 is 37.7 Å². The zero-order valence-corrected chi connectivity index (χ0v) is 35.6. The van der Waals surface area contributed by atoms with E-state index in [-0.39, 0.29) is 37.0 Å². The Morgan fingerprint density at radius 2 is 1.10 bits per heavy atom. The fourth-order valence-corrected chi connectivity index (χ4v) is 7.97. The number of esters is 1. The number of carboxylic acid groups (broad SMARTS) is 1. The standard InChI is InChI=1S/C24H20BrFN2O3.C22H16BrFN2O3/c1-3-31-24(29)22-21(17-8-6-12-27-23(17)30-2)18-13-16(25)10-11-20(18)28(22)14-15-7-4-5-9-19(15)26;1-29-21-15(6-4-10-25-21)19-16-11-14(23)8-9-18(16)26(20(19)22(27)28)12-13-5-2-3-7-17(13)24/h4-13H,3,14H2,1-2H3;2-11H,12H2,1H3,(H,27,28). The summed E-state index contributed by atoms with van der Waals surface area (Å²) in [4.78, 5) is 34.1. The van der Waals surface area contributed by atoms with Gasteiger partial charge in [-0.15, -0.1) is 0 Å². The normalized spacial score (nSPS) is 11.0. The van der Waals surface area contributed by atoms with Crippen molar-refractivity contribution >= 4 is 65.6 Å². The molecule has 0 atom stereocenters. The smallest absolute Gasteiger partial charge is 0.355 e. The van der Waals surface area contributed by atoms with Crippen molar-refractivity contribution in [3.8, 4) is 34.0 Å². The van der Waals surface area contributed by atoms with E-state index in [0.717, 1.165) is 19.8 Å². The van der Waals surface area contributed by atoms with Gasteiger partial charge in [0.25, 0.3) is 0 Å². The minimum atomic E-state index is -1.12. The average molecular weight is 939 g/mol. The van der Waals surface area contributed by atoms with Crippen LogP contribution in [0.15, 0.2) is 131 Å². The SMILES string of the molecule is CCOC(=O)c1c(-c2cccnc2OC)c2cc(Br)ccc2n1Cc1ccccc1F.COc1ncccc1-c1c(C(=O)O)n(Cc2ccccc2F)c2ccc(Br)cc12. The second kappa shape index (κ2) is 18.3. The number of rotatable bonds is 11. The largest absolute Gasteiger partial charge is 0.481 e. The minimum Gasteiger partial charge on any atom is -0.481 e. The lowest BCUT2D eigenvalue weighted by Gasteiger charge is -2.13. The first-order valence-corrected chi connectivity index (χ1v) is 20.1. The quantitative estimate of drug-likeness (QED) is 0.127. The number of carbonyl (C=O) groups excluding carboxylic acids is 1. The van der Waals surface area contributed by atoms with Gasteiger partial charge in [-0.1, -0.05) is 68.3 Å². The molecular formula is C46H36Br2F2N4O6. The van der Waals surface area contributed by atoms with E-state index in [1.165, 1.54) is 26.4 Å². The summed E-state index contributed by atoms with van der Waals surface area (Å²) in [7, 11) is 3.02. The summed E-state index contributed by atoms with van der Waals surface area (Å²) in [5.74, 6) is -1.63. The summed E-state index contributed by atoms with van der Waals surface area (Å²) in [5.41, 5.74) is 5.02. The van der Waals surface area contributed by atoms with Crippen LogP contribution in [0.2, 0.25) is 0 Å². The van der Waals surface area contributed by atoms with E-state index >= 15 is 0 Å². The van der Waals surface area contributed by atoms with Crippen LogP contribution in [0.25, 0.3) is 44.1 Å². The Balaban J connectivity index is 0.000000182. The van der Waals surface area contributed by atoms with Crippen molar-refractivity contribution in [3.63, 3.8) is 0 Å². The number of aromatic nitrogens is 4. The van der Waals surface area contributed by atoms with Gasteiger partial charge in [-0.25, -0.2) is 28.3 Å². The first kappa shape index (κ1) is 41.8. The van der Waals surface area contributed by atoms with E-state index in [9.17, 15) is 23.5 Å². The molecule has 0 bridgehead atoms. The second-order valence-corrected chi connectivity index (χ2v) is 15.1. The lowest BCUT2D eigenvalue weighted by atomic mass is 10.0. The molecule has 0 spiro atoms. The summed E-state index contributed by atoms with van der Waals surface area (Å²) >= 11 is 6.98. The zero-order valence-electron chi connectivity index (χ0n) is 32.5. The highest BCUT2D eigenvalue weighted by molar-refractivity contribution is 9.10. The van der Waals surface area contributed by atoms with Gasteiger partial charge in [-0.05, 0) is 79.7 Å².